The van der Waals surface area contributed by atoms with Crippen molar-refractivity contribution in [2.24, 2.45) is 5.92 Å². The third-order valence-electron chi connectivity index (χ3n) is 4.63. The lowest BCUT2D eigenvalue weighted by Gasteiger charge is -2.29. The summed E-state index contributed by atoms with van der Waals surface area (Å²) in [6.07, 6.45) is 9.37. The molecule has 0 aliphatic heterocycles. The van der Waals surface area contributed by atoms with Crippen LogP contribution < -0.4 is 5.32 Å². The van der Waals surface area contributed by atoms with Gasteiger partial charge in [-0.3, -0.25) is 0 Å². The Morgan fingerprint density at radius 2 is 1.95 bits per heavy atom. The zero-order chi connectivity index (χ0) is 13.7. The maximum Gasteiger partial charge on any atom is 0.0610 e. The van der Waals surface area contributed by atoms with E-state index in [0.29, 0.717) is 0 Å². The third-order valence-corrected chi connectivity index (χ3v) is 4.63. The summed E-state index contributed by atoms with van der Waals surface area (Å²) in [5, 5.41) is 12.9. The summed E-state index contributed by atoms with van der Waals surface area (Å²) in [7, 11) is 0. The van der Waals surface area contributed by atoms with Crippen LogP contribution in [0.2, 0.25) is 0 Å². The zero-order valence-corrected chi connectivity index (χ0v) is 12.8. The first-order valence-corrected chi connectivity index (χ1v) is 8.27. The van der Waals surface area contributed by atoms with Crippen molar-refractivity contribution in [2.75, 3.05) is 26.2 Å². The van der Waals surface area contributed by atoms with E-state index in [1.54, 1.807) is 0 Å². The van der Waals surface area contributed by atoms with E-state index in [9.17, 15) is 5.11 Å². The Morgan fingerprint density at radius 1 is 1.21 bits per heavy atom. The lowest BCUT2D eigenvalue weighted by atomic mass is 9.95. The number of hydrogen-bond donors (Lipinski definition) is 2. The molecule has 2 N–H and O–H groups in total. The molecule has 3 nitrogen and oxygen atoms in total. The van der Waals surface area contributed by atoms with Crippen molar-refractivity contribution in [3.63, 3.8) is 0 Å². The molecule has 19 heavy (non-hydrogen) atoms. The highest BCUT2D eigenvalue weighted by atomic mass is 16.3. The molecule has 0 saturated heterocycles. The molecule has 2 fully saturated rings. The summed E-state index contributed by atoms with van der Waals surface area (Å²) in [6, 6.07) is 0.915. The molecule has 0 aromatic rings. The van der Waals surface area contributed by atoms with Gasteiger partial charge in [-0.1, -0.05) is 13.3 Å². The largest absolute Gasteiger partial charge is 0.394 e. The number of aliphatic hydroxyl groups is 1. The second kappa shape index (κ2) is 7.05. The molecule has 0 radical (unpaired) electrons. The van der Waals surface area contributed by atoms with E-state index in [1.165, 1.54) is 51.6 Å². The van der Waals surface area contributed by atoms with Crippen molar-refractivity contribution in [3.8, 4) is 0 Å². The molecule has 0 heterocycles. The molecule has 0 spiro atoms. The molecular weight excluding hydrogens is 236 g/mol. The lowest BCUT2D eigenvalue weighted by molar-refractivity contribution is 0.161. The van der Waals surface area contributed by atoms with Crippen LogP contribution in [0.25, 0.3) is 0 Å². The lowest BCUT2D eigenvalue weighted by Crippen LogP contribution is -2.45. The average Bonchev–Trinajstić information content (AvgIpc) is 3.26. The van der Waals surface area contributed by atoms with Gasteiger partial charge in [-0.25, -0.2) is 0 Å². The Bertz CT molecular complexity index is 263. The van der Waals surface area contributed by atoms with Crippen LogP contribution in [0.15, 0.2) is 0 Å². The van der Waals surface area contributed by atoms with E-state index < -0.39 is 0 Å². The summed E-state index contributed by atoms with van der Waals surface area (Å²) < 4.78 is 0. The molecule has 1 unspecified atom stereocenters. The standard InChI is InChI=1S/C16H32N2O/c1-3-17-16(2,13-19)10-4-5-11-18(15-8-9-15)12-14-6-7-14/h14-15,17,19H,3-13H2,1-2H3. The number of nitrogens with zero attached hydrogens (tertiary/aromatic N) is 1. The van der Waals surface area contributed by atoms with Gasteiger partial charge in [0.25, 0.3) is 0 Å². The number of likely N-dealkylation sites (N-methyl/N-ethyl adjacent to an activating group) is 1. The Hall–Kier alpha value is -0.120. The number of nitrogens with one attached hydrogen (secondary N) is 1. The van der Waals surface area contributed by atoms with E-state index in [2.05, 4.69) is 24.1 Å². The van der Waals surface area contributed by atoms with Crippen LogP contribution in [0, 0.1) is 5.92 Å². The van der Waals surface area contributed by atoms with Crippen molar-refractivity contribution in [2.45, 2.75) is 70.4 Å². The fourth-order valence-electron chi connectivity index (χ4n) is 2.97. The summed E-state index contributed by atoms with van der Waals surface area (Å²) in [6.45, 7) is 8.06. The normalized spacial score (nSPS) is 22.7. The maximum atomic E-state index is 9.48. The predicted octanol–water partition coefficient (Wildman–Crippen LogP) is 2.39. The number of hydrogen-bond acceptors (Lipinski definition) is 3. The highest BCUT2D eigenvalue weighted by Crippen LogP contribution is 2.35. The predicted molar refractivity (Wildman–Crippen MR) is 80.3 cm³/mol. The highest BCUT2D eigenvalue weighted by Gasteiger charge is 2.33. The van der Waals surface area contributed by atoms with Crippen LogP contribution in [0.1, 0.15) is 58.8 Å². The van der Waals surface area contributed by atoms with E-state index in [1.807, 2.05) is 0 Å². The Balaban J connectivity index is 1.61. The summed E-state index contributed by atoms with van der Waals surface area (Å²) in [4.78, 5) is 2.74. The van der Waals surface area contributed by atoms with E-state index in [4.69, 9.17) is 0 Å². The molecular formula is C16H32N2O. The van der Waals surface area contributed by atoms with Crippen LogP contribution in [-0.4, -0.2) is 47.8 Å². The minimum absolute atomic E-state index is 0.0738. The minimum atomic E-state index is -0.0738. The van der Waals surface area contributed by atoms with Gasteiger partial charge in [-0.05, 0) is 64.5 Å². The molecule has 2 aliphatic rings. The molecule has 2 aliphatic carbocycles. The Kier molecular flexibility index (Phi) is 5.67. The molecule has 0 bridgehead atoms. The molecule has 2 rings (SSSR count). The summed E-state index contributed by atoms with van der Waals surface area (Å²) in [5.74, 6) is 1.02. The van der Waals surface area contributed by atoms with Crippen LogP contribution in [0.3, 0.4) is 0 Å². The first kappa shape index (κ1) is 15.3. The fraction of sp³-hybridized carbons (Fsp3) is 1.00. The van der Waals surface area contributed by atoms with Crippen LogP contribution >= 0.6 is 0 Å². The zero-order valence-electron chi connectivity index (χ0n) is 12.8. The SMILES string of the molecule is CCNC(C)(CO)CCCCN(CC1CC1)C1CC1. The van der Waals surface area contributed by atoms with Gasteiger partial charge in [0.05, 0.1) is 6.61 Å². The van der Waals surface area contributed by atoms with Gasteiger partial charge in [0.2, 0.25) is 0 Å². The molecule has 0 aromatic carbocycles. The van der Waals surface area contributed by atoms with Gasteiger partial charge in [0.15, 0.2) is 0 Å². The molecule has 0 aromatic heterocycles. The third kappa shape index (κ3) is 5.41. The fourth-order valence-corrected chi connectivity index (χ4v) is 2.97. The van der Waals surface area contributed by atoms with E-state index in [-0.39, 0.29) is 12.1 Å². The van der Waals surface area contributed by atoms with Gasteiger partial charge in [0, 0.05) is 18.1 Å². The Labute approximate surface area is 118 Å². The second-order valence-corrected chi connectivity index (χ2v) is 6.88. The molecule has 112 valence electrons. The van der Waals surface area contributed by atoms with Gasteiger partial charge in [-0.15, -0.1) is 0 Å². The van der Waals surface area contributed by atoms with Gasteiger partial charge < -0.3 is 15.3 Å². The van der Waals surface area contributed by atoms with Crippen LogP contribution in [0.4, 0.5) is 0 Å². The topological polar surface area (TPSA) is 35.5 Å². The average molecular weight is 268 g/mol. The van der Waals surface area contributed by atoms with Crippen molar-refractivity contribution in [1.29, 1.82) is 0 Å². The van der Waals surface area contributed by atoms with Crippen molar-refractivity contribution in [3.05, 3.63) is 0 Å². The number of unbranched alkanes of at least 4 members (excludes halogenated alkanes) is 1. The monoisotopic (exact) mass is 268 g/mol. The maximum absolute atomic E-state index is 9.48. The number of aliphatic hydroxyl groups excluding tert-OH is 1. The minimum Gasteiger partial charge on any atom is -0.394 e. The molecule has 1 atom stereocenters. The van der Waals surface area contributed by atoms with Gasteiger partial charge >= 0.3 is 0 Å². The van der Waals surface area contributed by atoms with Gasteiger partial charge in [0.1, 0.15) is 0 Å². The highest BCUT2D eigenvalue weighted by molar-refractivity contribution is 4.88. The first-order chi connectivity index (χ1) is 9.17. The second-order valence-electron chi connectivity index (χ2n) is 6.88. The molecule has 0 amide bonds. The van der Waals surface area contributed by atoms with Gasteiger partial charge in [-0.2, -0.15) is 0 Å². The van der Waals surface area contributed by atoms with E-state index >= 15 is 0 Å². The van der Waals surface area contributed by atoms with Crippen molar-refractivity contribution in [1.82, 2.24) is 10.2 Å². The quantitative estimate of drug-likeness (QED) is 0.565. The van der Waals surface area contributed by atoms with Crippen LogP contribution in [0.5, 0.6) is 0 Å². The summed E-state index contributed by atoms with van der Waals surface area (Å²) in [5.41, 5.74) is -0.0738. The first-order valence-electron chi connectivity index (χ1n) is 8.27. The summed E-state index contributed by atoms with van der Waals surface area (Å²) >= 11 is 0. The molecule has 3 heteroatoms. The smallest absolute Gasteiger partial charge is 0.0610 e. The van der Waals surface area contributed by atoms with Crippen molar-refractivity contribution >= 4 is 0 Å². The Morgan fingerprint density at radius 3 is 2.47 bits per heavy atom. The van der Waals surface area contributed by atoms with Crippen LogP contribution in [-0.2, 0) is 0 Å². The number of rotatable bonds is 11. The van der Waals surface area contributed by atoms with E-state index in [0.717, 1.165) is 24.9 Å². The van der Waals surface area contributed by atoms with Crippen molar-refractivity contribution < 1.29 is 5.11 Å². The molecule has 2 saturated carbocycles.